The van der Waals surface area contributed by atoms with E-state index in [1.54, 1.807) is 18.2 Å². The van der Waals surface area contributed by atoms with Crippen molar-refractivity contribution in [2.24, 2.45) is 0 Å². The fourth-order valence-electron chi connectivity index (χ4n) is 1.54. The summed E-state index contributed by atoms with van der Waals surface area (Å²) in [5, 5.41) is 18.2. The van der Waals surface area contributed by atoms with Gasteiger partial charge in [0.1, 0.15) is 11.0 Å². The minimum atomic E-state index is 0. The molecule has 0 saturated carbocycles. The van der Waals surface area contributed by atoms with Crippen LogP contribution in [0.1, 0.15) is 0 Å². The van der Waals surface area contributed by atoms with E-state index in [0.29, 0.717) is 5.69 Å². The molecule has 3 aromatic rings. The summed E-state index contributed by atoms with van der Waals surface area (Å²) in [6.07, 6.45) is 0. The topological polar surface area (TPSA) is 50.9 Å². The van der Waals surface area contributed by atoms with Crippen molar-refractivity contribution in [1.82, 2.24) is 15.0 Å². The van der Waals surface area contributed by atoms with Crippen molar-refractivity contribution in [1.29, 1.82) is 0 Å². The molecule has 1 heterocycles. The largest absolute Gasteiger partial charge is 1.00 e. The van der Waals surface area contributed by atoms with Crippen LogP contribution in [0.3, 0.4) is 0 Å². The molecule has 17 heavy (non-hydrogen) atoms. The molecule has 0 atom stereocenters. The standard InChI is InChI=1S/C12H8N3O.Cs/c16-12-8-4-3-7-11(12)15-13-9-5-1-2-6-10(9)14-15;/h1-2,4-8,16H;/q-1;+1. The molecule has 0 unspecified atom stereocenters. The number of hydrogen-bond donors (Lipinski definition) is 1. The van der Waals surface area contributed by atoms with Crippen molar-refractivity contribution in [2.75, 3.05) is 0 Å². The van der Waals surface area contributed by atoms with E-state index >= 15 is 0 Å². The van der Waals surface area contributed by atoms with Crippen LogP contribution < -0.4 is 68.9 Å². The van der Waals surface area contributed by atoms with E-state index < -0.39 is 0 Å². The summed E-state index contributed by atoms with van der Waals surface area (Å²) < 4.78 is 0. The molecule has 0 saturated heterocycles. The second-order valence-corrected chi connectivity index (χ2v) is 3.39. The Morgan fingerprint density at radius 2 is 1.71 bits per heavy atom. The van der Waals surface area contributed by atoms with Gasteiger partial charge in [-0.25, -0.2) is 4.80 Å². The Morgan fingerprint density at radius 1 is 1.06 bits per heavy atom. The number of rotatable bonds is 1. The molecule has 0 radical (unpaired) electrons. The van der Waals surface area contributed by atoms with Gasteiger partial charge >= 0.3 is 68.9 Å². The molecule has 3 rings (SSSR count). The van der Waals surface area contributed by atoms with E-state index in [2.05, 4.69) is 16.3 Å². The normalized spacial score (nSPS) is 10.1. The monoisotopic (exact) mass is 343 g/mol. The first-order valence-corrected chi connectivity index (χ1v) is 4.86. The number of aromatic nitrogens is 3. The average Bonchev–Trinajstić information content (AvgIpc) is 2.73. The van der Waals surface area contributed by atoms with Crippen LogP contribution in [0.5, 0.6) is 5.75 Å². The molecular weight excluding hydrogens is 335 g/mol. The Morgan fingerprint density at radius 3 is 2.29 bits per heavy atom. The van der Waals surface area contributed by atoms with Gasteiger partial charge in [0.25, 0.3) is 0 Å². The SMILES string of the molecule is Oc1cc[c-]cc1-n1nc2ccccc2n1.[Cs+]. The Labute approximate surface area is 157 Å². The van der Waals surface area contributed by atoms with Crippen LogP contribution in [0.2, 0.25) is 0 Å². The van der Waals surface area contributed by atoms with Crippen LogP contribution in [0.25, 0.3) is 16.7 Å². The number of nitrogens with zero attached hydrogens (tertiary/aromatic N) is 3. The van der Waals surface area contributed by atoms with Gasteiger partial charge in [-0.3, -0.25) is 0 Å². The van der Waals surface area contributed by atoms with Crippen LogP contribution in [0.4, 0.5) is 0 Å². The van der Waals surface area contributed by atoms with Crippen LogP contribution in [-0.2, 0) is 0 Å². The van der Waals surface area contributed by atoms with Gasteiger partial charge < -0.3 is 5.11 Å². The molecule has 0 aliphatic rings. The minimum Gasteiger partial charge on any atom is -0.531 e. The summed E-state index contributed by atoms with van der Waals surface area (Å²) >= 11 is 0. The van der Waals surface area contributed by atoms with Gasteiger partial charge in [-0.2, -0.15) is 22.3 Å². The molecule has 5 heteroatoms. The first-order chi connectivity index (χ1) is 7.84. The number of fused-ring (bicyclic) bond motifs is 1. The maximum atomic E-state index is 9.67. The zero-order valence-electron chi connectivity index (χ0n) is 9.33. The Kier molecular flexibility index (Phi) is 4.29. The summed E-state index contributed by atoms with van der Waals surface area (Å²) in [6, 6.07) is 15.3. The molecule has 1 N–H and O–H groups in total. The maximum Gasteiger partial charge on any atom is 1.00 e. The van der Waals surface area contributed by atoms with Gasteiger partial charge in [0.15, 0.2) is 0 Å². The molecule has 0 aliphatic carbocycles. The summed E-state index contributed by atoms with van der Waals surface area (Å²) in [7, 11) is 0. The molecule has 0 bridgehead atoms. The van der Waals surface area contributed by atoms with E-state index in [-0.39, 0.29) is 74.6 Å². The van der Waals surface area contributed by atoms with Crippen LogP contribution >= 0.6 is 0 Å². The van der Waals surface area contributed by atoms with Crippen molar-refractivity contribution in [3.05, 3.63) is 48.5 Å². The first-order valence-electron chi connectivity index (χ1n) is 4.86. The third-order valence-corrected chi connectivity index (χ3v) is 2.32. The predicted octanol–water partition coefficient (Wildman–Crippen LogP) is -1.07. The number of hydrogen-bond acceptors (Lipinski definition) is 3. The molecular formula is C12H8CsN3O. The number of phenolic OH excluding ortho intramolecular Hbond substituents is 1. The smallest absolute Gasteiger partial charge is 0.531 e. The number of phenols is 1. The van der Waals surface area contributed by atoms with Gasteiger partial charge in [0, 0.05) is 11.4 Å². The van der Waals surface area contributed by atoms with Gasteiger partial charge in [0.2, 0.25) is 0 Å². The summed E-state index contributed by atoms with van der Waals surface area (Å²) in [5.41, 5.74) is 2.12. The Bertz CT molecular complexity index is 618. The molecule has 0 aliphatic heterocycles. The Hall–Kier alpha value is -0.308. The van der Waals surface area contributed by atoms with Crippen LogP contribution in [-0.4, -0.2) is 20.1 Å². The van der Waals surface area contributed by atoms with Crippen molar-refractivity contribution < 1.29 is 74.0 Å². The fourth-order valence-corrected chi connectivity index (χ4v) is 1.54. The third-order valence-electron chi connectivity index (χ3n) is 2.32. The quantitative estimate of drug-likeness (QED) is 0.573. The molecule has 2 aromatic carbocycles. The Balaban J connectivity index is 0.00000108. The summed E-state index contributed by atoms with van der Waals surface area (Å²) in [4.78, 5) is 1.41. The predicted molar refractivity (Wildman–Crippen MR) is 59.4 cm³/mol. The summed E-state index contributed by atoms with van der Waals surface area (Å²) in [5.74, 6) is 0.138. The summed E-state index contributed by atoms with van der Waals surface area (Å²) in [6.45, 7) is 0. The second-order valence-electron chi connectivity index (χ2n) is 3.39. The number of aromatic hydroxyl groups is 1. The van der Waals surface area contributed by atoms with Crippen LogP contribution in [0.15, 0.2) is 42.5 Å². The average molecular weight is 343 g/mol. The van der Waals surface area contributed by atoms with Gasteiger partial charge in [0.05, 0.1) is 0 Å². The van der Waals surface area contributed by atoms with Crippen molar-refractivity contribution in [2.45, 2.75) is 0 Å². The zero-order valence-corrected chi connectivity index (χ0v) is 15.6. The molecule has 0 amide bonds. The fraction of sp³-hybridized carbons (Fsp3) is 0. The molecule has 78 valence electrons. The minimum absolute atomic E-state index is 0. The zero-order chi connectivity index (χ0) is 11.0. The van der Waals surface area contributed by atoms with Gasteiger partial charge in [-0.1, -0.05) is 12.1 Å². The van der Waals surface area contributed by atoms with Gasteiger partial charge in [-0.15, -0.1) is 12.1 Å². The number of benzene rings is 2. The van der Waals surface area contributed by atoms with E-state index in [1.165, 1.54) is 4.80 Å². The molecule has 1 aromatic heterocycles. The molecule has 4 nitrogen and oxygen atoms in total. The van der Waals surface area contributed by atoms with Crippen molar-refractivity contribution >= 4 is 11.0 Å². The van der Waals surface area contributed by atoms with Crippen LogP contribution in [0, 0.1) is 6.07 Å². The van der Waals surface area contributed by atoms with E-state index in [4.69, 9.17) is 0 Å². The van der Waals surface area contributed by atoms with E-state index in [1.807, 2.05) is 24.3 Å². The van der Waals surface area contributed by atoms with E-state index in [9.17, 15) is 5.11 Å². The van der Waals surface area contributed by atoms with Gasteiger partial charge in [-0.05, 0) is 12.1 Å². The second kappa shape index (κ2) is 5.56. The molecule has 0 fully saturated rings. The maximum absolute atomic E-state index is 9.67. The van der Waals surface area contributed by atoms with E-state index in [0.717, 1.165) is 11.0 Å². The first kappa shape index (κ1) is 13.1. The van der Waals surface area contributed by atoms with Crippen molar-refractivity contribution in [3.63, 3.8) is 0 Å². The third kappa shape index (κ3) is 2.59. The van der Waals surface area contributed by atoms with Crippen molar-refractivity contribution in [3.8, 4) is 11.4 Å². The molecule has 0 spiro atoms.